The highest BCUT2D eigenvalue weighted by atomic mass is 32.1. The van der Waals surface area contributed by atoms with Gasteiger partial charge in [-0.15, -0.1) is 11.3 Å². The molecule has 3 aromatic rings. The average molecular weight is 382 g/mol. The number of hydrogen-bond acceptors (Lipinski definition) is 5. The largest absolute Gasteiger partial charge is 0.452 e. The number of carbonyl (C=O) groups is 2. The highest BCUT2D eigenvalue weighted by Gasteiger charge is 2.22. The molecule has 1 aromatic heterocycles. The second-order valence-corrected chi connectivity index (χ2v) is 7.72. The van der Waals surface area contributed by atoms with E-state index < -0.39 is 5.97 Å². The third-order valence-electron chi connectivity index (χ3n) is 4.43. The molecule has 1 atom stereocenters. The second kappa shape index (κ2) is 7.88. The van der Waals surface area contributed by atoms with E-state index in [1.54, 1.807) is 35.4 Å². The quantitative estimate of drug-likeness (QED) is 0.618. The number of rotatable bonds is 5. The van der Waals surface area contributed by atoms with Crippen molar-refractivity contribution in [3.63, 3.8) is 0 Å². The molecule has 0 aliphatic rings. The van der Waals surface area contributed by atoms with Crippen molar-refractivity contribution in [3.8, 4) is 0 Å². The van der Waals surface area contributed by atoms with Gasteiger partial charge in [0.2, 0.25) is 0 Å². The number of ether oxygens (including phenoxy) is 1. The van der Waals surface area contributed by atoms with E-state index in [9.17, 15) is 9.59 Å². The lowest BCUT2D eigenvalue weighted by atomic mass is 10.1. The van der Waals surface area contributed by atoms with Gasteiger partial charge in [-0.2, -0.15) is 0 Å². The number of aromatic nitrogens is 1. The molecule has 0 saturated carbocycles. The molecular weight excluding hydrogens is 360 g/mol. The van der Waals surface area contributed by atoms with E-state index >= 15 is 0 Å². The number of carbonyl (C=O) groups excluding carboxylic acids is 2. The van der Waals surface area contributed by atoms with Crippen LogP contribution < -0.4 is 0 Å². The summed E-state index contributed by atoms with van der Waals surface area (Å²) in [5, 5.41) is 0.854. The molecule has 0 radical (unpaired) electrons. The van der Waals surface area contributed by atoms with Crippen LogP contribution in [0.15, 0.2) is 42.5 Å². The summed E-state index contributed by atoms with van der Waals surface area (Å²) in [7, 11) is 1.70. The van der Waals surface area contributed by atoms with Gasteiger partial charge < -0.3 is 9.64 Å². The van der Waals surface area contributed by atoms with Crippen LogP contribution in [-0.4, -0.2) is 35.4 Å². The van der Waals surface area contributed by atoms with Gasteiger partial charge >= 0.3 is 5.97 Å². The van der Waals surface area contributed by atoms with Gasteiger partial charge in [0.05, 0.1) is 21.8 Å². The van der Waals surface area contributed by atoms with Crippen molar-refractivity contribution in [1.82, 2.24) is 9.88 Å². The number of benzene rings is 2. The van der Waals surface area contributed by atoms with E-state index in [-0.39, 0.29) is 18.6 Å². The predicted molar refractivity (Wildman–Crippen MR) is 107 cm³/mol. The lowest BCUT2D eigenvalue weighted by Gasteiger charge is -2.23. The molecule has 5 nitrogen and oxygen atoms in total. The summed E-state index contributed by atoms with van der Waals surface area (Å²) in [6.45, 7) is 5.46. The zero-order valence-electron chi connectivity index (χ0n) is 15.9. The number of aryl methyl sites for hydroxylation is 2. The van der Waals surface area contributed by atoms with Gasteiger partial charge in [-0.05, 0) is 45.0 Å². The van der Waals surface area contributed by atoms with E-state index in [1.165, 1.54) is 0 Å². The van der Waals surface area contributed by atoms with Gasteiger partial charge in [0.25, 0.3) is 5.91 Å². The van der Waals surface area contributed by atoms with Crippen molar-refractivity contribution < 1.29 is 14.3 Å². The topological polar surface area (TPSA) is 59.5 Å². The molecule has 0 aliphatic heterocycles. The van der Waals surface area contributed by atoms with Crippen LogP contribution in [0.1, 0.15) is 39.5 Å². The first-order valence-corrected chi connectivity index (χ1v) is 9.53. The molecule has 0 saturated heterocycles. The number of para-hydroxylation sites is 1. The lowest BCUT2D eigenvalue weighted by Crippen LogP contribution is -2.33. The molecule has 1 amide bonds. The van der Waals surface area contributed by atoms with Crippen molar-refractivity contribution in [3.05, 3.63) is 64.2 Å². The number of hydrogen-bond donors (Lipinski definition) is 0. The van der Waals surface area contributed by atoms with Crippen molar-refractivity contribution in [2.75, 3.05) is 13.7 Å². The predicted octanol–water partition coefficient (Wildman–Crippen LogP) is 4.29. The van der Waals surface area contributed by atoms with Crippen molar-refractivity contribution >= 4 is 33.4 Å². The fourth-order valence-corrected chi connectivity index (χ4v) is 3.92. The molecule has 0 aliphatic carbocycles. The Hall–Kier alpha value is -2.73. The van der Waals surface area contributed by atoms with Crippen LogP contribution in [-0.2, 0) is 9.53 Å². The molecule has 2 aromatic carbocycles. The summed E-state index contributed by atoms with van der Waals surface area (Å²) in [5.74, 6) is -0.754. The molecule has 3 rings (SSSR count). The fraction of sp³-hybridized carbons (Fsp3) is 0.286. The molecule has 0 bridgehead atoms. The number of thiazole rings is 1. The Bertz CT molecular complexity index is 943. The summed E-state index contributed by atoms with van der Waals surface area (Å²) in [5.41, 5.74) is 3.35. The van der Waals surface area contributed by atoms with Crippen molar-refractivity contribution in [2.24, 2.45) is 0 Å². The van der Waals surface area contributed by atoms with E-state index in [0.29, 0.717) is 5.56 Å². The van der Waals surface area contributed by atoms with E-state index in [2.05, 4.69) is 4.98 Å². The molecular formula is C21H22N2O3S. The summed E-state index contributed by atoms with van der Waals surface area (Å²) in [4.78, 5) is 30.9. The molecule has 140 valence electrons. The molecule has 0 spiro atoms. The summed E-state index contributed by atoms with van der Waals surface area (Å²) >= 11 is 1.56. The van der Waals surface area contributed by atoms with Gasteiger partial charge in [-0.25, -0.2) is 9.78 Å². The minimum atomic E-state index is -0.490. The number of fused-ring (bicyclic) bond motifs is 1. The van der Waals surface area contributed by atoms with Gasteiger partial charge in [0, 0.05) is 7.05 Å². The summed E-state index contributed by atoms with van der Waals surface area (Å²) in [6, 6.07) is 13.2. The molecule has 0 unspecified atom stereocenters. The highest BCUT2D eigenvalue weighted by molar-refractivity contribution is 7.18. The van der Waals surface area contributed by atoms with E-state index in [4.69, 9.17) is 4.74 Å². The average Bonchev–Trinajstić information content (AvgIpc) is 3.08. The second-order valence-electron chi connectivity index (χ2n) is 6.65. The number of esters is 1. The Morgan fingerprint density at radius 1 is 1.15 bits per heavy atom. The summed E-state index contributed by atoms with van der Waals surface area (Å²) in [6.07, 6.45) is 0. The zero-order valence-corrected chi connectivity index (χ0v) is 16.7. The van der Waals surface area contributed by atoms with Crippen LogP contribution >= 0.6 is 11.3 Å². The highest BCUT2D eigenvalue weighted by Crippen LogP contribution is 2.28. The fourth-order valence-electron chi connectivity index (χ4n) is 2.86. The smallest absolute Gasteiger partial charge is 0.338 e. The van der Waals surface area contributed by atoms with Crippen LogP contribution in [0.4, 0.5) is 0 Å². The molecule has 1 heterocycles. The Morgan fingerprint density at radius 2 is 1.81 bits per heavy atom. The Kier molecular flexibility index (Phi) is 5.56. The Balaban J connectivity index is 1.63. The van der Waals surface area contributed by atoms with E-state index in [0.717, 1.165) is 26.4 Å². The number of amides is 1. The lowest BCUT2D eigenvalue weighted by molar-refractivity contribution is -0.135. The molecule has 27 heavy (non-hydrogen) atoms. The van der Waals surface area contributed by atoms with Crippen LogP contribution in [0.3, 0.4) is 0 Å². The standard InChI is InChI=1S/C21H22N2O3S/c1-13-9-14(2)11-16(10-13)21(25)26-12-19(24)23(4)15(3)20-22-17-7-5-6-8-18(17)27-20/h5-11,15H,12H2,1-4H3/t15-/m0/s1. The molecule has 0 fully saturated rings. The van der Waals surface area contributed by atoms with Crippen LogP contribution in [0.25, 0.3) is 10.2 Å². The van der Waals surface area contributed by atoms with E-state index in [1.807, 2.05) is 51.1 Å². The first kappa shape index (κ1) is 19.0. The van der Waals surface area contributed by atoms with Gasteiger partial charge in [-0.3, -0.25) is 4.79 Å². The van der Waals surface area contributed by atoms with Crippen LogP contribution in [0, 0.1) is 13.8 Å². The van der Waals surface area contributed by atoms with Gasteiger partial charge in [0.15, 0.2) is 6.61 Å². The van der Waals surface area contributed by atoms with Gasteiger partial charge in [0.1, 0.15) is 5.01 Å². The molecule has 6 heteroatoms. The first-order valence-electron chi connectivity index (χ1n) is 8.71. The Morgan fingerprint density at radius 3 is 2.48 bits per heavy atom. The SMILES string of the molecule is Cc1cc(C)cc(C(=O)OCC(=O)N(C)[C@@H](C)c2nc3ccccc3s2)c1. The number of nitrogens with zero attached hydrogens (tertiary/aromatic N) is 2. The van der Waals surface area contributed by atoms with Crippen LogP contribution in [0.2, 0.25) is 0 Å². The first-order chi connectivity index (χ1) is 12.8. The normalized spacial score (nSPS) is 12.0. The van der Waals surface area contributed by atoms with Crippen molar-refractivity contribution in [2.45, 2.75) is 26.8 Å². The third kappa shape index (κ3) is 4.34. The minimum Gasteiger partial charge on any atom is -0.452 e. The maximum absolute atomic E-state index is 12.5. The maximum atomic E-state index is 12.5. The maximum Gasteiger partial charge on any atom is 0.338 e. The zero-order chi connectivity index (χ0) is 19.6. The van der Waals surface area contributed by atoms with Gasteiger partial charge in [-0.1, -0.05) is 29.3 Å². The van der Waals surface area contributed by atoms with Crippen molar-refractivity contribution in [1.29, 1.82) is 0 Å². The Labute approximate surface area is 162 Å². The summed E-state index contributed by atoms with van der Waals surface area (Å²) < 4.78 is 6.30. The molecule has 0 N–H and O–H groups in total. The number of likely N-dealkylation sites (N-methyl/N-ethyl adjacent to an activating group) is 1. The van der Waals surface area contributed by atoms with Crippen LogP contribution in [0.5, 0.6) is 0 Å². The monoisotopic (exact) mass is 382 g/mol. The third-order valence-corrected chi connectivity index (χ3v) is 5.63. The minimum absolute atomic E-state index is 0.199.